The molecule has 0 aliphatic heterocycles. The van der Waals surface area contributed by atoms with Gasteiger partial charge in [0.1, 0.15) is 5.69 Å². The molecule has 0 radical (unpaired) electrons. The number of nitrogens with zero attached hydrogens (tertiary/aromatic N) is 1. The van der Waals surface area contributed by atoms with Gasteiger partial charge >= 0.3 is 5.96 Å². The van der Waals surface area contributed by atoms with E-state index < -0.39 is 0 Å². The number of nitrogens with two attached hydrogens (primary N) is 5. The lowest BCUT2D eigenvalue weighted by Gasteiger charge is -2.13. The first-order valence-corrected chi connectivity index (χ1v) is 13.1. The zero-order valence-electron chi connectivity index (χ0n) is 22.8. The normalized spacial score (nSPS) is 10.1. The first kappa shape index (κ1) is 31.3. The summed E-state index contributed by atoms with van der Waals surface area (Å²) in [7, 11) is 0. The van der Waals surface area contributed by atoms with Gasteiger partial charge in [-0.15, -0.1) is 0 Å². The van der Waals surface area contributed by atoms with Crippen LogP contribution in [-0.2, 0) is 0 Å². The van der Waals surface area contributed by atoms with Crippen LogP contribution in [0.25, 0.3) is 10.8 Å². The number of nitrogens with one attached hydrogen (secondary N) is 2. The maximum Gasteiger partial charge on any atom is 0.338 e. The number of nitrogen functional groups attached to an aromatic ring is 1. The highest BCUT2D eigenvalue weighted by Crippen LogP contribution is 2.22. The monoisotopic (exact) mass is 508 g/mol. The topological polar surface area (TPSA) is 161 Å². The number of fused-ring (bicyclic) bond motifs is 1. The highest BCUT2D eigenvalue weighted by Gasteiger charge is 2.03. The minimum atomic E-state index is 0.164. The number of hydrogen-bond acceptors (Lipinski definition) is 2. The van der Waals surface area contributed by atoms with Crippen molar-refractivity contribution in [3.05, 3.63) is 72.3 Å². The Labute approximate surface area is 222 Å². The van der Waals surface area contributed by atoms with E-state index in [1.165, 1.54) is 29.7 Å². The third kappa shape index (κ3) is 13.8. The van der Waals surface area contributed by atoms with Crippen molar-refractivity contribution in [2.75, 3.05) is 31.9 Å². The molecule has 0 aliphatic carbocycles. The molecule has 12 N–H and O–H groups in total. The second-order valence-corrected chi connectivity index (χ2v) is 8.85. The number of anilines is 1. The smallest absolute Gasteiger partial charge is 0.338 e. The summed E-state index contributed by atoms with van der Waals surface area (Å²) < 4.78 is 0. The van der Waals surface area contributed by atoms with Crippen LogP contribution in [0.5, 0.6) is 0 Å². The van der Waals surface area contributed by atoms with Gasteiger partial charge in [-0.2, -0.15) is 0 Å². The minimum absolute atomic E-state index is 0.164. The molecule has 3 rings (SSSR count). The van der Waals surface area contributed by atoms with Gasteiger partial charge in [-0.25, -0.2) is 0 Å². The van der Waals surface area contributed by atoms with E-state index >= 15 is 0 Å². The van der Waals surface area contributed by atoms with Crippen LogP contribution in [0.15, 0.2) is 71.7 Å². The molecule has 0 spiro atoms. The van der Waals surface area contributed by atoms with Crippen LogP contribution in [0.3, 0.4) is 0 Å². The third-order valence-electron chi connectivity index (χ3n) is 5.78. The van der Waals surface area contributed by atoms with Crippen LogP contribution in [0.4, 0.5) is 11.4 Å². The van der Waals surface area contributed by atoms with Crippen molar-refractivity contribution in [3.63, 3.8) is 0 Å². The van der Waals surface area contributed by atoms with E-state index in [1.54, 1.807) is 4.90 Å². The van der Waals surface area contributed by atoms with Crippen LogP contribution in [-0.4, -0.2) is 38.1 Å². The zero-order chi connectivity index (χ0) is 27.5. The number of quaternary nitrogens is 1. The Morgan fingerprint density at radius 2 is 1.43 bits per heavy atom. The molecule has 3 aromatic carbocycles. The number of benzene rings is 3. The average Bonchev–Trinajstić information content (AvgIpc) is 2.87. The molecule has 0 aliphatic rings. The van der Waals surface area contributed by atoms with Gasteiger partial charge in [-0.1, -0.05) is 61.4 Å². The van der Waals surface area contributed by atoms with Gasteiger partial charge < -0.3 is 22.1 Å². The molecular formula is C29H48N8+2. The molecule has 202 valence electrons. The SMILES string of the molecule is CC[NH+](CC)c1ccccc1.Cc1cc(N)c2ccccc2c1.NC(N)=NCCCCCC[NH+]=C(N)N. The molecule has 0 saturated heterocycles. The van der Waals surface area contributed by atoms with Crippen LogP contribution in [0.2, 0.25) is 0 Å². The highest BCUT2D eigenvalue weighted by molar-refractivity contribution is 5.93. The summed E-state index contributed by atoms with van der Waals surface area (Å²) in [6.45, 7) is 10.4. The molecule has 8 heteroatoms. The Morgan fingerprint density at radius 3 is 2.05 bits per heavy atom. The number of rotatable bonds is 10. The fraction of sp³-hybridized carbons (Fsp3) is 0.379. The van der Waals surface area contributed by atoms with Crippen LogP contribution in [0, 0.1) is 6.92 Å². The van der Waals surface area contributed by atoms with Gasteiger partial charge in [-0.3, -0.25) is 21.5 Å². The van der Waals surface area contributed by atoms with Crippen molar-refractivity contribution in [1.82, 2.24) is 0 Å². The summed E-state index contributed by atoms with van der Waals surface area (Å²) in [4.78, 5) is 8.29. The zero-order valence-corrected chi connectivity index (χ0v) is 22.8. The van der Waals surface area contributed by atoms with Gasteiger partial charge in [0.25, 0.3) is 0 Å². The molecule has 0 aromatic heterocycles. The second-order valence-electron chi connectivity index (χ2n) is 8.85. The quantitative estimate of drug-likeness (QED) is 0.0944. The largest absolute Gasteiger partial charge is 0.398 e. The van der Waals surface area contributed by atoms with Crippen LogP contribution in [0.1, 0.15) is 45.1 Å². The van der Waals surface area contributed by atoms with Crippen molar-refractivity contribution < 1.29 is 9.89 Å². The number of aryl methyl sites for hydroxylation is 1. The van der Waals surface area contributed by atoms with Crippen molar-refractivity contribution in [2.24, 2.45) is 27.9 Å². The first-order valence-electron chi connectivity index (χ1n) is 13.1. The summed E-state index contributed by atoms with van der Waals surface area (Å²) in [5, 5.41) is 2.36. The van der Waals surface area contributed by atoms with Gasteiger partial charge in [0.2, 0.25) is 0 Å². The number of hydrogen-bond donors (Lipinski definition) is 7. The predicted octanol–water partition coefficient (Wildman–Crippen LogP) is 1.15. The molecule has 0 atom stereocenters. The van der Waals surface area contributed by atoms with Crippen LogP contribution < -0.4 is 38.6 Å². The van der Waals surface area contributed by atoms with Crippen LogP contribution >= 0.6 is 0 Å². The Bertz CT molecular complexity index is 1050. The van der Waals surface area contributed by atoms with E-state index in [1.807, 2.05) is 24.3 Å². The summed E-state index contributed by atoms with van der Waals surface area (Å²) in [6, 6.07) is 22.9. The Balaban J connectivity index is 0.000000279. The van der Waals surface area contributed by atoms with E-state index in [0.717, 1.165) is 43.3 Å². The second kappa shape index (κ2) is 18.5. The highest BCUT2D eigenvalue weighted by atomic mass is 15.1. The molecule has 0 amide bonds. The lowest BCUT2D eigenvalue weighted by atomic mass is 10.1. The van der Waals surface area contributed by atoms with E-state index in [2.05, 4.69) is 73.2 Å². The maximum absolute atomic E-state index is 5.86. The van der Waals surface area contributed by atoms with E-state index in [9.17, 15) is 0 Å². The lowest BCUT2D eigenvalue weighted by molar-refractivity contribution is -0.828. The summed E-state index contributed by atoms with van der Waals surface area (Å²) in [5.41, 5.74) is 30.1. The van der Waals surface area contributed by atoms with Gasteiger partial charge in [0.05, 0.1) is 19.6 Å². The molecule has 3 aromatic rings. The van der Waals surface area contributed by atoms with E-state index in [0.29, 0.717) is 6.54 Å². The standard InChI is InChI=1S/C11H11N.C10H15N.C8H20N6/c1-8-6-9-4-2-3-5-10(9)11(12)7-8;1-3-11(4-2)10-8-6-5-7-9-10;9-7(10)13-5-3-1-2-4-6-14-8(11)12/h2-7H,12H2,1H3;5-9H,3-4H2,1-2H3;1-6H2,(H4,9,10,13)(H4,11,12,14)/p+2. The molecule has 8 nitrogen and oxygen atoms in total. The Morgan fingerprint density at radius 1 is 0.811 bits per heavy atom. The lowest BCUT2D eigenvalue weighted by Crippen LogP contribution is -3.06. The number of unbranched alkanes of at least 4 members (excludes halogenated alkanes) is 3. The first-order chi connectivity index (χ1) is 17.8. The number of para-hydroxylation sites is 1. The maximum atomic E-state index is 5.86. The Hall–Kier alpha value is -3.78. The van der Waals surface area contributed by atoms with Gasteiger partial charge in [0.15, 0.2) is 5.96 Å². The van der Waals surface area contributed by atoms with Crippen molar-refractivity contribution in [1.29, 1.82) is 0 Å². The van der Waals surface area contributed by atoms with Crippen molar-refractivity contribution >= 4 is 34.1 Å². The fourth-order valence-electron chi connectivity index (χ4n) is 3.86. The predicted molar refractivity (Wildman–Crippen MR) is 160 cm³/mol. The minimum Gasteiger partial charge on any atom is -0.398 e. The van der Waals surface area contributed by atoms with Crippen molar-refractivity contribution in [3.8, 4) is 0 Å². The fourth-order valence-corrected chi connectivity index (χ4v) is 3.86. The Kier molecular flexibility index (Phi) is 15.6. The summed E-state index contributed by atoms with van der Waals surface area (Å²) in [5.74, 6) is 0.447. The number of guanidine groups is 2. The van der Waals surface area contributed by atoms with Gasteiger partial charge in [-0.05, 0) is 62.8 Å². The average molecular weight is 509 g/mol. The molecule has 37 heavy (non-hydrogen) atoms. The number of aliphatic imine (C=N–C) groups is 1. The molecular weight excluding hydrogens is 460 g/mol. The molecule has 0 heterocycles. The third-order valence-corrected chi connectivity index (χ3v) is 5.78. The van der Waals surface area contributed by atoms with Crippen molar-refractivity contribution in [2.45, 2.75) is 46.5 Å². The molecule has 0 fully saturated rings. The van der Waals surface area contributed by atoms with Gasteiger partial charge in [0, 0.05) is 17.6 Å². The van der Waals surface area contributed by atoms with E-state index in [-0.39, 0.29) is 11.9 Å². The van der Waals surface area contributed by atoms with E-state index in [4.69, 9.17) is 28.7 Å². The summed E-state index contributed by atoms with van der Waals surface area (Å²) >= 11 is 0. The molecule has 0 unspecified atom stereocenters. The molecule has 0 bridgehead atoms. The summed E-state index contributed by atoms with van der Waals surface area (Å²) in [6.07, 6.45) is 4.31. The molecule has 0 saturated carbocycles.